The molecule has 2 aromatic carbocycles. The normalized spacial score (nSPS) is 10.3. The molecular formula is C18H20O. The monoisotopic (exact) mass is 252 g/mol. The molecule has 0 saturated heterocycles. The van der Waals surface area contributed by atoms with Crippen molar-refractivity contribution in [2.75, 3.05) is 0 Å². The van der Waals surface area contributed by atoms with E-state index in [9.17, 15) is 4.79 Å². The molecule has 0 amide bonds. The highest BCUT2D eigenvalue weighted by atomic mass is 16.1. The van der Waals surface area contributed by atoms with Gasteiger partial charge in [0.2, 0.25) is 0 Å². The maximum absolute atomic E-state index is 11.8. The van der Waals surface area contributed by atoms with Crippen molar-refractivity contribution in [3.8, 4) is 0 Å². The molecule has 0 heterocycles. The van der Waals surface area contributed by atoms with Crippen molar-refractivity contribution in [3.63, 3.8) is 0 Å². The molecule has 0 unspecified atom stereocenters. The first-order valence-electron chi connectivity index (χ1n) is 6.94. The van der Waals surface area contributed by atoms with Crippen LogP contribution in [0.2, 0.25) is 0 Å². The highest BCUT2D eigenvalue weighted by Crippen LogP contribution is 2.08. The largest absolute Gasteiger partial charge is 0.300 e. The zero-order chi connectivity index (χ0) is 13.3. The second-order valence-corrected chi connectivity index (χ2v) is 4.86. The van der Waals surface area contributed by atoms with E-state index in [1.165, 1.54) is 11.1 Å². The zero-order valence-electron chi connectivity index (χ0n) is 11.2. The second-order valence-electron chi connectivity index (χ2n) is 4.86. The fourth-order valence-electron chi connectivity index (χ4n) is 2.19. The Hall–Kier alpha value is -1.89. The smallest absolute Gasteiger partial charge is 0.133 e. The molecule has 0 bridgehead atoms. The summed E-state index contributed by atoms with van der Waals surface area (Å²) in [6, 6.07) is 20.6. The van der Waals surface area contributed by atoms with Gasteiger partial charge >= 0.3 is 0 Å². The molecule has 0 fully saturated rings. The van der Waals surface area contributed by atoms with Crippen LogP contribution in [0.1, 0.15) is 30.4 Å². The molecule has 98 valence electrons. The van der Waals surface area contributed by atoms with Crippen LogP contribution in [0.15, 0.2) is 60.7 Å². The first-order chi connectivity index (χ1) is 9.34. The minimum absolute atomic E-state index is 0.375. The van der Waals surface area contributed by atoms with E-state index in [1.54, 1.807) is 0 Å². The minimum atomic E-state index is 0.375. The maximum Gasteiger partial charge on any atom is 0.133 e. The lowest BCUT2D eigenvalue weighted by molar-refractivity contribution is -0.119. The van der Waals surface area contributed by atoms with E-state index >= 15 is 0 Å². The Balaban J connectivity index is 1.65. The third-order valence-electron chi connectivity index (χ3n) is 3.30. The topological polar surface area (TPSA) is 17.1 Å². The first-order valence-corrected chi connectivity index (χ1v) is 6.94. The number of rotatable bonds is 7. The van der Waals surface area contributed by atoms with Gasteiger partial charge in [0.25, 0.3) is 0 Å². The summed E-state index contributed by atoms with van der Waals surface area (Å²) in [5.74, 6) is 0.375. The molecule has 0 radical (unpaired) electrons. The van der Waals surface area contributed by atoms with Crippen LogP contribution in [0.25, 0.3) is 0 Å². The Morgan fingerprint density at radius 1 is 0.684 bits per heavy atom. The Morgan fingerprint density at radius 3 is 1.79 bits per heavy atom. The van der Waals surface area contributed by atoms with Crippen LogP contribution in [0, 0.1) is 0 Å². The summed E-state index contributed by atoms with van der Waals surface area (Å²) in [6.07, 6.45) is 4.18. The summed E-state index contributed by atoms with van der Waals surface area (Å²) in [5.41, 5.74) is 2.57. The van der Waals surface area contributed by atoms with Crippen molar-refractivity contribution >= 4 is 5.78 Å². The Labute approximate surface area is 115 Å². The van der Waals surface area contributed by atoms with Gasteiger partial charge in [-0.1, -0.05) is 60.7 Å². The van der Waals surface area contributed by atoms with Gasteiger partial charge in [0.1, 0.15) is 5.78 Å². The third-order valence-corrected chi connectivity index (χ3v) is 3.30. The fourth-order valence-corrected chi connectivity index (χ4v) is 2.19. The van der Waals surface area contributed by atoms with Gasteiger partial charge in [-0.25, -0.2) is 0 Å². The van der Waals surface area contributed by atoms with Crippen molar-refractivity contribution in [2.45, 2.75) is 32.1 Å². The molecule has 2 aromatic rings. The zero-order valence-corrected chi connectivity index (χ0v) is 11.2. The van der Waals surface area contributed by atoms with Crippen molar-refractivity contribution in [1.82, 2.24) is 0 Å². The number of carbonyl (C=O) groups is 1. The van der Waals surface area contributed by atoms with Gasteiger partial charge in [-0.05, 0) is 30.4 Å². The van der Waals surface area contributed by atoms with E-state index in [0.717, 1.165) is 19.3 Å². The number of ketones is 1. The van der Waals surface area contributed by atoms with Gasteiger partial charge in [0.05, 0.1) is 0 Å². The summed E-state index contributed by atoms with van der Waals surface area (Å²) in [4.78, 5) is 11.8. The van der Waals surface area contributed by atoms with Crippen LogP contribution in [0.3, 0.4) is 0 Å². The molecule has 2 rings (SSSR count). The van der Waals surface area contributed by atoms with Crippen molar-refractivity contribution in [1.29, 1.82) is 0 Å². The van der Waals surface area contributed by atoms with Crippen LogP contribution in [-0.4, -0.2) is 5.78 Å². The molecule has 19 heavy (non-hydrogen) atoms. The average molecular weight is 252 g/mol. The van der Waals surface area contributed by atoms with Gasteiger partial charge in [-0.2, -0.15) is 0 Å². The molecule has 0 aromatic heterocycles. The third kappa shape index (κ3) is 5.09. The highest BCUT2D eigenvalue weighted by molar-refractivity contribution is 5.78. The highest BCUT2D eigenvalue weighted by Gasteiger charge is 2.03. The van der Waals surface area contributed by atoms with Crippen LogP contribution in [0.4, 0.5) is 0 Å². The molecule has 0 aliphatic heterocycles. The van der Waals surface area contributed by atoms with Crippen LogP contribution >= 0.6 is 0 Å². The Morgan fingerprint density at radius 2 is 1.21 bits per heavy atom. The number of carbonyl (C=O) groups excluding carboxylic acids is 1. The van der Waals surface area contributed by atoms with E-state index in [2.05, 4.69) is 24.3 Å². The maximum atomic E-state index is 11.8. The number of hydrogen-bond acceptors (Lipinski definition) is 1. The van der Waals surface area contributed by atoms with Crippen molar-refractivity contribution in [3.05, 3.63) is 71.8 Å². The standard InChI is InChI=1S/C18H20O/c19-18(15-14-17-10-5-2-6-11-17)13-7-12-16-8-3-1-4-9-16/h1-6,8-11H,7,12-15H2. The van der Waals surface area contributed by atoms with Crippen LogP contribution in [0.5, 0.6) is 0 Å². The second kappa shape index (κ2) is 7.52. The number of aryl methyl sites for hydroxylation is 2. The molecule has 0 aliphatic carbocycles. The summed E-state index contributed by atoms with van der Waals surface area (Å²) in [6.45, 7) is 0. The predicted octanol–water partition coefficient (Wildman–Crippen LogP) is 4.21. The number of hydrogen-bond donors (Lipinski definition) is 0. The van der Waals surface area contributed by atoms with E-state index in [1.807, 2.05) is 36.4 Å². The molecule has 0 aliphatic rings. The molecule has 0 spiro atoms. The molecule has 1 heteroatoms. The quantitative estimate of drug-likeness (QED) is 0.721. The van der Waals surface area contributed by atoms with Gasteiger partial charge in [0, 0.05) is 12.8 Å². The summed E-state index contributed by atoms with van der Waals surface area (Å²) >= 11 is 0. The van der Waals surface area contributed by atoms with E-state index < -0.39 is 0 Å². The molecule has 0 N–H and O–H groups in total. The predicted molar refractivity (Wildman–Crippen MR) is 79.2 cm³/mol. The molecular weight excluding hydrogens is 232 g/mol. The van der Waals surface area contributed by atoms with Crippen LogP contribution in [-0.2, 0) is 17.6 Å². The fraction of sp³-hybridized carbons (Fsp3) is 0.278. The number of benzene rings is 2. The van der Waals surface area contributed by atoms with Gasteiger partial charge in [0.15, 0.2) is 0 Å². The SMILES string of the molecule is O=C(CCCc1ccccc1)CCc1ccccc1. The van der Waals surface area contributed by atoms with Crippen molar-refractivity contribution in [2.24, 2.45) is 0 Å². The van der Waals surface area contributed by atoms with Crippen LogP contribution < -0.4 is 0 Å². The summed E-state index contributed by atoms with van der Waals surface area (Å²) in [7, 11) is 0. The lowest BCUT2D eigenvalue weighted by atomic mass is 10.0. The van der Waals surface area contributed by atoms with Gasteiger partial charge < -0.3 is 0 Å². The Bertz CT molecular complexity index is 488. The van der Waals surface area contributed by atoms with Gasteiger partial charge in [-0.15, -0.1) is 0 Å². The molecule has 1 nitrogen and oxygen atoms in total. The van der Waals surface area contributed by atoms with E-state index in [4.69, 9.17) is 0 Å². The van der Waals surface area contributed by atoms with Gasteiger partial charge in [-0.3, -0.25) is 4.79 Å². The molecule has 0 atom stereocenters. The summed E-state index contributed by atoms with van der Waals surface area (Å²) < 4.78 is 0. The lowest BCUT2D eigenvalue weighted by Crippen LogP contribution is -2.01. The minimum Gasteiger partial charge on any atom is -0.300 e. The first kappa shape index (κ1) is 13.5. The number of Topliss-reactive ketones (excluding diaryl/α,β-unsaturated/α-hetero) is 1. The van der Waals surface area contributed by atoms with E-state index in [0.29, 0.717) is 18.6 Å². The average Bonchev–Trinajstić information content (AvgIpc) is 2.47. The van der Waals surface area contributed by atoms with Crippen molar-refractivity contribution < 1.29 is 4.79 Å². The lowest BCUT2D eigenvalue weighted by Gasteiger charge is -2.02. The van der Waals surface area contributed by atoms with E-state index in [-0.39, 0.29) is 0 Å². The summed E-state index contributed by atoms with van der Waals surface area (Å²) in [5, 5.41) is 0. The molecule has 0 saturated carbocycles. The Kier molecular flexibility index (Phi) is 5.36.